The Morgan fingerprint density at radius 1 is 1.00 bits per heavy atom. The van der Waals surface area contributed by atoms with Crippen molar-refractivity contribution in [3.63, 3.8) is 0 Å². The zero-order chi connectivity index (χ0) is 18.1. The molecule has 132 valence electrons. The second-order valence-electron chi connectivity index (χ2n) is 5.34. The Balaban J connectivity index is 1.78. The maximum absolute atomic E-state index is 12.1. The van der Waals surface area contributed by atoms with Gasteiger partial charge in [0.05, 0.1) is 19.9 Å². The van der Waals surface area contributed by atoms with Crippen LogP contribution in [0, 0.1) is 0 Å². The van der Waals surface area contributed by atoms with E-state index in [4.69, 9.17) is 9.47 Å². The van der Waals surface area contributed by atoms with E-state index in [1.165, 1.54) is 7.11 Å². The van der Waals surface area contributed by atoms with E-state index < -0.39 is 0 Å². The molecule has 6 heteroatoms. The van der Waals surface area contributed by atoms with Crippen molar-refractivity contribution in [2.75, 3.05) is 26.1 Å². The summed E-state index contributed by atoms with van der Waals surface area (Å²) in [5, 5.41) is 5.59. The minimum atomic E-state index is -0.152. The minimum absolute atomic E-state index is 0.143. The lowest BCUT2D eigenvalue weighted by molar-refractivity contribution is -0.116. The monoisotopic (exact) mass is 342 g/mol. The predicted molar refractivity (Wildman–Crippen MR) is 96.2 cm³/mol. The summed E-state index contributed by atoms with van der Waals surface area (Å²) in [6.45, 7) is 0.427. The lowest BCUT2D eigenvalue weighted by atomic mass is 10.2. The van der Waals surface area contributed by atoms with Crippen LogP contribution in [0.1, 0.15) is 23.2 Å². The van der Waals surface area contributed by atoms with Gasteiger partial charge in [-0.2, -0.15) is 0 Å². The van der Waals surface area contributed by atoms with Crippen molar-refractivity contribution in [3.05, 3.63) is 54.1 Å². The summed E-state index contributed by atoms with van der Waals surface area (Å²) in [5.41, 5.74) is 1.16. The highest BCUT2D eigenvalue weighted by molar-refractivity contribution is 5.94. The second-order valence-corrected chi connectivity index (χ2v) is 5.34. The predicted octanol–water partition coefficient (Wildman–Crippen LogP) is 2.85. The SMILES string of the molecule is COc1ccc(OC)c(NC(=O)CCCNC(=O)c2ccccc2)c1. The largest absolute Gasteiger partial charge is 0.497 e. The van der Waals surface area contributed by atoms with Gasteiger partial charge in [0.2, 0.25) is 5.91 Å². The van der Waals surface area contributed by atoms with E-state index in [0.717, 1.165) is 0 Å². The summed E-state index contributed by atoms with van der Waals surface area (Å²) in [6.07, 6.45) is 0.826. The molecule has 2 amide bonds. The molecule has 0 fully saturated rings. The maximum Gasteiger partial charge on any atom is 0.251 e. The highest BCUT2D eigenvalue weighted by atomic mass is 16.5. The van der Waals surface area contributed by atoms with Gasteiger partial charge in [0, 0.05) is 24.6 Å². The zero-order valence-corrected chi connectivity index (χ0v) is 14.4. The third-order valence-corrected chi connectivity index (χ3v) is 3.58. The second kappa shape index (κ2) is 9.32. The van der Waals surface area contributed by atoms with Crippen LogP contribution in [0.3, 0.4) is 0 Å². The van der Waals surface area contributed by atoms with Crippen molar-refractivity contribution in [3.8, 4) is 11.5 Å². The summed E-state index contributed by atoms with van der Waals surface area (Å²) >= 11 is 0. The summed E-state index contributed by atoms with van der Waals surface area (Å²) in [5.74, 6) is 0.897. The fourth-order valence-corrected chi connectivity index (χ4v) is 2.27. The molecule has 0 aromatic heterocycles. The molecule has 0 spiro atoms. The van der Waals surface area contributed by atoms with Gasteiger partial charge in [-0.1, -0.05) is 18.2 Å². The average molecular weight is 342 g/mol. The van der Waals surface area contributed by atoms with Crippen molar-refractivity contribution in [1.29, 1.82) is 0 Å². The Kier molecular flexibility index (Phi) is 6.83. The first kappa shape index (κ1) is 18.3. The Labute approximate surface area is 147 Å². The molecule has 0 unspecified atom stereocenters. The van der Waals surface area contributed by atoms with Gasteiger partial charge in [0.1, 0.15) is 11.5 Å². The molecule has 0 radical (unpaired) electrons. The van der Waals surface area contributed by atoms with Crippen LogP contribution >= 0.6 is 0 Å². The van der Waals surface area contributed by atoms with E-state index in [1.54, 1.807) is 37.4 Å². The number of carbonyl (C=O) groups excluding carboxylic acids is 2. The number of methoxy groups -OCH3 is 2. The molecule has 0 saturated heterocycles. The van der Waals surface area contributed by atoms with Crippen LogP contribution in [0.15, 0.2) is 48.5 Å². The molecule has 0 aliphatic heterocycles. The molecule has 6 nitrogen and oxygen atoms in total. The maximum atomic E-state index is 12.1. The number of hydrogen-bond acceptors (Lipinski definition) is 4. The van der Waals surface area contributed by atoms with Crippen molar-refractivity contribution >= 4 is 17.5 Å². The van der Waals surface area contributed by atoms with E-state index in [9.17, 15) is 9.59 Å². The number of benzene rings is 2. The summed E-state index contributed by atoms with van der Waals surface area (Å²) < 4.78 is 10.4. The third kappa shape index (κ3) is 5.53. The summed E-state index contributed by atoms with van der Waals surface area (Å²) in [4.78, 5) is 24.0. The van der Waals surface area contributed by atoms with Crippen LogP contribution in [-0.4, -0.2) is 32.6 Å². The zero-order valence-electron chi connectivity index (χ0n) is 14.4. The van der Waals surface area contributed by atoms with Crippen molar-refractivity contribution < 1.29 is 19.1 Å². The molecule has 0 aliphatic rings. The van der Waals surface area contributed by atoms with Gasteiger partial charge < -0.3 is 20.1 Å². The van der Waals surface area contributed by atoms with Crippen LogP contribution in [0.5, 0.6) is 11.5 Å². The van der Waals surface area contributed by atoms with E-state index in [2.05, 4.69) is 10.6 Å². The highest BCUT2D eigenvalue weighted by Gasteiger charge is 2.09. The minimum Gasteiger partial charge on any atom is -0.497 e. The highest BCUT2D eigenvalue weighted by Crippen LogP contribution is 2.28. The lowest BCUT2D eigenvalue weighted by Gasteiger charge is -2.12. The first-order chi connectivity index (χ1) is 12.1. The van der Waals surface area contributed by atoms with E-state index in [0.29, 0.717) is 35.7 Å². The number of rotatable bonds is 8. The molecular formula is C19H22N2O4. The van der Waals surface area contributed by atoms with Crippen LogP contribution in [0.2, 0.25) is 0 Å². The van der Waals surface area contributed by atoms with Gasteiger partial charge in [-0.25, -0.2) is 0 Å². The van der Waals surface area contributed by atoms with E-state index in [-0.39, 0.29) is 18.2 Å². The number of amides is 2. The van der Waals surface area contributed by atoms with Crippen LogP contribution < -0.4 is 20.1 Å². The molecule has 25 heavy (non-hydrogen) atoms. The molecule has 0 heterocycles. The van der Waals surface area contributed by atoms with Gasteiger partial charge in [0.15, 0.2) is 0 Å². The molecule has 2 N–H and O–H groups in total. The van der Waals surface area contributed by atoms with Gasteiger partial charge in [0.25, 0.3) is 5.91 Å². The number of carbonyl (C=O) groups is 2. The number of anilines is 1. The van der Waals surface area contributed by atoms with Gasteiger partial charge >= 0.3 is 0 Å². The smallest absolute Gasteiger partial charge is 0.251 e. The quantitative estimate of drug-likeness (QED) is 0.723. The average Bonchev–Trinajstić information content (AvgIpc) is 2.65. The number of nitrogens with one attached hydrogen (secondary N) is 2. The molecule has 0 saturated carbocycles. The molecule has 0 bridgehead atoms. The first-order valence-electron chi connectivity index (χ1n) is 7.99. The molecule has 0 aliphatic carbocycles. The van der Waals surface area contributed by atoms with Crippen molar-refractivity contribution in [2.45, 2.75) is 12.8 Å². The van der Waals surface area contributed by atoms with Crippen LogP contribution in [0.4, 0.5) is 5.69 Å². The molecule has 0 atom stereocenters. The topological polar surface area (TPSA) is 76.7 Å². The van der Waals surface area contributed by atoms with Gasteiger partial charge in [-0.05, 0) is 30.7 Å². The molecular weight excluding hydrogens is 320 g/mol. The van der Waals surface area contributed by atoms with Crippen LogP contribution in [0.25, 0.3) is 0 Å². The Hall–Kier alpha value is -3.02. The fraction of sp³-hybridized carbons (Fsp3) is 0.263. The Morgan fingerprint density at radius 2 is 1.76 bits per heavy atom. The summed E-state index contributed by atoms with van der Waals surface area (Å²) in [6, 6.07) is 14.2. The van der Waals surface area contributed by atoms with Crippen LogP contribution in [-0.2, 0) is 4.79 Å². The first-order valence-corrected chi connectivity index (χ1v) is 7.99. The molecule has 2 aromatic carbocycles. The Bertz CT molecular complexity index is 717. The van der Waals surface area contributed by atoms with Gasteiger partial charge in [-0.15, -0.1) is 0 Å². The lowest BCUT2D eigenvalue weighted by Crippen LogP contribution is -2.25. The normalized spacial score (nSPS) is 10.0. The van der Waals surface area contributed by atoms with E-state index in [1.807, 2.05) is 18.2 Å². The van der Waals surface area contributed by atoms with Crippen molar-refractivity contribution in [1.82, 2.24) is 5.32 Å². The van der Waals surface area contributed by atoms with E-state index >= 15 is 0 Å². The third-order valence-electron chi connectivity index (χ3n) is 3.58. The summed E-state index contributed by atoms with van der Waals surface area (Å²) in [7, 11) is 3.10. The van der Waals surface area contributed by atoms with Gasteiger partial charge in [-0.3, -0.25) is 9.59 Å². The molecule has 2 rings (SSSR count). The Morgan fingerprint density at radius 3 is 2.44 bits per heavy atom. The fourth-order valence-electron chi connectivity index (χ4n) is 2.27. The number of ether oxygens (including phenoxy) is 2. The van der Waals surface area contributed by atoms with Crippen molar-refractivity contribution in [2.24, 2.45) is 0 Å². The number of hydrogen-bond donors (Lipinski definition) is 2. The standard InChI is InChI=1S/C19H22N2O4/c1-24-15-10-11-17(25-2)16(13-15)21-18(22)9-6-12-20-19(23)14-7-4-3-5-8-14/h3-5,7-8,10-11,13H,6,9,12H2,1-2H3,(H,20,23)(H,21,22). The molecule has 2 aromatic rings.